The third kappa shape index (κ3) is 8.57. The van der Waals surface area contributed by atoms with Gasteiger partial charge in [0, 0.05) is 33.5 Å². The van der Waals surface area contributed by atoms with Crippen LogP contribution in [-0.2, 0) is 0 Å². The predicted molar refractivity (Wildman–Crippen MR) is 279 cm³/mol. The molecule has 2 aliphatic heterocycles. The maximum atomic E-state index is 9.70. The summed E-state index contributed by atoms with van der Waals surface area (Å²) >= 11 is 0. The van der Waals surface area contributed by atoms with Crippen LogP contribution in [0.15, 0.2) is 253 Å². The molecule has 0 saturated heterocycles. The highest BCUT2D eigenvalue weighted by molar-refractivity contribution is 6.36. The molecule has 0 saturated carbocycles. The van der Waals surface area contributed by atoms with Gasteiger partial charge in [-0.05, 0) is 67.8 Å². The minimum atomic E-state index is -0.346. The normalized spacial score (nSPS) is 14.9. The van der Waals surface area contributed by atoms with Crippen LogP contribution in [0.3, 0.4) is 0 Å². The van der Waals surface area contributed by atoms with Crippen molar-refractivity contribution in [3.63, 3.8) is 0 Å². The van der Waals surface area contributed by atoms with Crippen LogP contribution in [0, 0.1) is 5.41 Å². The van der Waals surface area contributed by atoms with E-state index in [1.54, 1.807) is 0 Å². The first-order valence-electron chi connectivity index (χ1n) is 22.6. The van der Waals surface area contributed by atoms with Gasteiger partial charge in [-0.15, -0.1) is 0 Å². The third-order valence-electron chi connectivity index (χ3n) is 12.4. The van der Waals surface area contributed by atoms with E-state index >= 15 is 0 Å². The number of nitrogens with one attached hydrogen (secondary N) is 3. The molecule has 1 unspecified atom stereocenters. The molecule has 9 aromatic carbocycles. The Hall–Kier alpha value is -8.93. The molecule has 2 heterocycles. The van der Waals surface area contributed by atoms with Gasteiger partial charge in [-0.3, -0.25) is 5.41 Å². The number of fused-ring (bicyclic) bond motifs is 1. The lowest BCUT2D eigenvalue weighted by molar-refractivity contribution is 0.674. The summed E-state index contributed by atoms with van der Waals surface area (Å²) in [5.41, 5.74) is 17.9. The van der Waals surface area contributed by atoms with Gasteiger partial charge in [-0.2, -0.15) is 0 Å². The maximum Gasteiger partial charge on any atom is 0.159 e. The zero-order chi connectivity index (χ0) is 44.9. The molecule has 0 amide bonds. The number of amidine groups is 2. The quantitative estimate of drug-likeness (QED) is 0.120. The van der Waals surface area contributed by atoms with E-state index in [0.717, 1.165) is 89.6 Å². The smallest absolute Gasteiger partial charge is 0.159 e. The molecule has 9 aromatic rings. The average Bonchev–Trinajstić information content (AvgIpc) is 3.42. The molecule has 0 spiro atoms. The molecule has 67 heavy (non-hydrogen) atoms. The molecule has 1 atom stereocenters. The van der Waals surface area contributed by atoms with Gasteiger partial charge >= 0.3 is 0 Å². The van der Waals surface area contributed by atoms with Crippen LogP contribution in [0.4, 0.5) is 0 Å². The van der Waals surface area contributed by atoms with Crippen molar-refractivity contribution >= 4 is 40.4 Å². The Morgan fingerprint density at radius 3 is 1.45 bits per heavy atom. The lowest BCUT2D eigenvalue weighted by Gasteiger charge is -2.27. The molecule has 2 aliphatic rings. The highest BCUT2D eigenvalue weighted by Crippen LogP contribution is 2.38. The second-order valence-electron chi connectivity index (χ2n) is 16.7. The Morgan fingerprint density at radius 2 is 0.866 bits per heavy atom. The first kappa shape index (κ1) is 40.8. The molecule has 0 fully saturated rings. The SMILES string of the molecule is N=C(/C(=C1\NC(c2ccccc2)=Cc2ccc(-c3ccc(C4=NC(c5ccc(-c6ccccc6)cc5)=NC(c5ccc(-c6ccccc6)cc5)N4)cc3)cc21)c1ccccc1)c1ccccc1. The summed E-state index contributed by atoms with van der Waals surface area (Å²) in [6.45, 7) is 0. The molecular formula is C62H45N5. The second kappa shape index (κ2) is 18.3. The van der Waals surface area contributed by atoms with Gasteiger partial charge in [0.15, 0.2) is 5.84 Å². The minimum Gasteiger partial charge on any atom is -0.354 e. The van der Waals surface area contributed by atoms with E-state index in [9.17, 15) is 5.41 Å². The largest absolute Gasteiger partial charge is 0.354 e. The summed E-state index contributed by atoms with van der Waals surface area (Å²) < 4.78 is 0. The van der Waals surface area contributed by atoms with Crippen molar-refractivity contribution in [3.8, 4) is 33.4 Å². The van der Waals surface area contributed by atoms with Crippen molar-refractivity contribution < 1.29 is 0 Å². The highest BCUT2D eigenvalue weighted by Gasteiger charge is 2.25. The second-order valence-corrected chi connectivity index (χ2v) is 16.7. The van der Waals surface area contributed by atoms with Crippen LogP contribution in [0.5, 0.6) is 0 Å². The van der Waals surface area contributed by atoms with Gasteiger partial charge in [0.1, 0.15) is 12.0 Å². The number of allylic oxidation sites excluding steroid dienone is 1. The number of rotatable bonds is 10. The van der Waals surface area contributed by atoms with Gasteiger partial charge in [-0.25, -0.2) is 9.98 Å². The Balaban J connectivity index is 0.966. The Labute approximate surface area is 391 Å². The Kier molecular flexibility index (Phi) is 11.1. The van der Waals surface area contributed by atoms with Crippen molar-refractivity contribution in [3.05, 3.63) is 287 Å². The monoisotopic (exact) mass is 859 g/mol. The van der Waals surface area contributed by atoms with Gasteiger partial charge in [0.05, 0.1) is 11.4 Å². The predicted octanol–water partition coefficient (Wildman–Crippen LogP) is 14.2. The van der Waals surface area contributed by atoms with E-state index in [4.69, 9.17) is 9.98 Å². The number of hydrogen-bond acceptors (Lipinski definition) is 5. The van der Waals surface area contributed by atoms with Crippen LogP contribution in [-0.4, -0.2) is 17.4 Å². The number of aliphatic imine (C=N–C) groups is 2. The zero-order valence-corrected chi connectivity index (χ0v) is 36.6. The summed E-state index contributed by atoms with van der Waals surface area (Å²) in [5, 5.41) is 17.2. The van der Waals surface area contributed by atoms with Gasteiger partial charge in [0.25, 0.3) is 0 Å². The molecule has 318 valence electrons. The van der Waals surface area contributed by atoms with Crippen LogP contribution in [0.1, 0.15) is 50.7 Å². The molecule has 0 bridgehead atoms. The molecule has 0 radical (unpaired) electrons. The molecule has 11 rings (SSSR count). The van der Waals surface area contributed by atoms with Crippen molar-refractivity contribution in [2.45, 2.75) is 6.17 Å². The number of nitrogens with zero attached hydrogens (tertiary/aromatic N) is 2. The van der Waals surface area contributed by atoms with Gasteiger partial charge in [0.2, 0.25) is 0 Å². The number of benzene rings is 9. The summed E-state index contributed by atoms with van der Waals surface area (Å²) in [6.07, 6.45) is 1.87. The molecule has 5 heteroatoms. The van der Waals surface area contributed by atoms with Crippen molar-refractivity contribution in [1.29, 1.82) is 5.41 Å². The Bertz CT molecular complexity index is 3340. The van der Waals surface area contributed by atoms with Crippen molar-refractivity contribution in [2.24, 2.45) is 9.98 Å². The molecule has 0 aromatic heterocycles. The zero-order valence-electron chi connectivity index (χ0n) is 36.6. The summed E-state index contributed by atoms with van der Waals surface area (Å²) in [7, 11) is 0. The van der Waals surface area contributed by atoms with Crippen LogP contribution in [0.2, 0.25) is 0 Å². The lowest BCUT2D eigenvalue weighted by Crippen LogP contribution is -2.33. The van der Waals surface area contributed by atoms with Crippen LogP contribution < -0.4 is 10.6 Å². The first-order chi connectivity index (χ1) is 33.1. The highest BCUT2D eigenvalue weighted by atomic mass is 15.2. The topological polar surface area (TPSA) is 72.6 Å². The van der Waals surface area contributed by atoms with Crippen molar-refractivity contribution in [2.75, 3.05) is 0 Å². The molecule has 5 nitrogen and oxygen atoms in total. The number of hydrogen-bond donors (Lipinski definition) is 3. The standard InChI is InChI=1S/C62H45N5/c63-58(49-24-14-5-15-25-49)57(48-22-12-4-13-23-48)59-55-40-53(38-39-54(55)41-56(64-59)47-20-10-3-11-21-47)46-30-36-52(37-31-46)62-66-60(50-32-26-44(27-33-50)42-16-6-1-7-17-42)65-61(67-62)51-34-28-45(29-35-51)43-18-8-2-9-19-43/h1-41,60,63-64H,(H,65,66,67)/b59-57-,63-58?. The van der Waals surface area contributed by atoms with E-state index in [1.807, 2.05) is 66.7 Å². The fourth-order valence-corrected chi connectivity index (χ4v) is 8.86. The summed E-state index contributed by atoms with van der Waals surface area (Å²) in [4.78, 5) is 10.4. The minimum absolute atomic E-state index is 0.346. The van der Waals surface area contributed by atoms with Crippen LogP contribution >= 0.6 is 0 Å². The van der Waals surface area contributed by atoms with Gasteiger partial charge in [-0.1, -0.05) is 237 Å². The molecule has 0 aliphatic carbocycles. The summed E-state index contributed by atoms with van der Waals surface area (Å²) in [6, 6.07) is 83.9. The molecular weight excluding hydrogens is 815 g/mol. The van der Waals surface area contributed by atoms with Gasteiger partial charge < -0.3 is 10.6 Å². The van der Waals surface area contributed by atoms with E-state index in [2.05, 4.69) is 193 Å². The third-order valence-corrected chi connectivity index (χ3v) is 12.4. The van der Waals surface area contributed by atoms with E-state index < -0.39 is 0 Å². The Morgan fingerprint density at radius 1 is 0.418 bits per heavy atom. The van der Waals surface area contributed by atoms with E-state index in [0.29, 0.717) is 11.5 Å². The lowest BCUT2D eigenvalue weighted by atomic mass is 9.86. The average molecular weight is 860 g/mol. The molecule has 3 N–H and O–H groups in total. The van der Waals surface area contributed by atoms with E-state index in [1.165, 1.54) is 11.1 Å². The maximum absolute atomic E-state index is 9.70. The first-order valence-corrected chi connectivity index (χ1v) is 22.6. The van der Waals surface area contributed by atoms with Crippen molar-refractivity contribution in [1.82, 2.24) is 10.6 Å². The summed E-state index contributed by atoms with van der Waals surface area (Å²) in [5.74, 6) is 1.43. The van der Waals surface area contributed by atoms with E-state index in [-0.39, 0.29) is 6.17 Å². The fourth-order valence-electron chi connectivity index (χ4n) is 8.86. The fraction of sp³-hybridized carbons (Fsp3) is 0.0161. The van der Waals surface area contributed by atoms with Crippen LogP contribution in [0.25, 0.3) is 56.4 Å².